The van der Waals surface area contributed by atoms with Gasteiger partial charge < -0.3 is 0 Å². The molecule has 210 valence electrons. The van der Waals surface area contributed by atoms with Gasteiger partial charge in [0.2, 0.25) is 0 Å². The monoisotopic (exact) mass is 581 g/mol. The zero-order valence-electron chi connectivity index (χ0n) is 24.6. The maximum Gasteiger partial charge on any atom is 0.0728 e. The van der Waals surface area contributed by atoms with E-state index >= 15 is 0 Å². The van der Waals surface area contributed by atoms with Crippen LogP contribution in [-0.2, 0) is 0 Å². The van der Waals surface area contributed by atoms with E-state index in [2.05, 4.69) is 152 Å². The average molecular weight is 582 g/mol. The van der Waals surface area contributed by atoms with Crippen LogP contribution in [0.2, 0.25) is 0 Å². The summed E-state index contributed by atoms with van der Waals surface area (Å²) >= 11 is 1.80. The molecule has 0 radical (unpaired) electrons. The average Bonchev–Trinajstić information content (AvgIpc) is 3.11. The maximum absolute atomic E-state index is 5.41. The number of benzene rings is 6. The molecule has 0 saturated carbocycles. The van der Waals surface area contributed by atoms with Crippen molar-refractivity contribution in [3.63, 3.8) is 0 Å². The Morgan fingerprint density at radius 2 is 1.11 bits per heavy atom. The van der Waals surface area contributed by atoms with Crippen LogP contribution in [-0.4, -0.2) is 11.2 Å². The quantitative estimate of drug-likeness (QED) is 0.148. The molecule has 0 amide bonds. The molecule has 0 saturated heterocycles. The largest absolute Gasteiger partial charge is 0.248 e. The van der Waals surface area contributed by atoms with Crippen LogP contribution < -0.4 is 0 Å². The number of nitrogens with zero attached hydrogens (tertiary/aromatic N) is 1. The second-order valence-electron chi connectivity index (χ2n) is 11.3. The summed E-state index contributed by atoms with van der Waals surface area (Å²) in [7, 11) is 0. The van der Waals surface area contributed by atoms with Crippen LogP contribution in [0.15, 0.2) is 151 Å². The van der Waals surface area contributed by atoms with Gasteiger partial charge in [0.05, 0.1) is 11.4 Å². The number of fused-ring (bicyclic) bond motifs is 3. The van der Waals surface area contributed by atoms with Gasteiger partial charge in [-0.25, -0.2) is 4.98 Å². The van der Waals surface area contributed by atoms with Crippen molar-refractivity contribution in [2.45, 2.75) is 17.7 Å². The second-order valence-corrected chi connectivity index (χ2v) is 12.2. The first-order valence-electron chi connectivity index (χ1n) is 15.2. The highest BCUT2D eigenvalue weighted by atomic mass is 32.2. The third-order valence-electron chi connectivity index (χ3n) is 8.78. The summed E-state index contributed by atoms with van der Waals surface area (Å²) in [5.74, 6) is 0. The van der Waals surface area contributed by atoms with Crippen LogP contribution in [0, 0.1) is 0 Å². The molecule has 7 aromatic rings. The molecule has 44 heavy (non-hydrogen) atoms. The standard InChI is InChI=1S/C42H31NS/c1-44-40-25-24-37(31-18-8-9-19-32(31)40)41-33-20-10-12-22-35(33)42(36-23-13-11-21-34(36)41)39-27-30(28-14-4-2-5-15-28)26-38(43-39)29-16-6-3-7-17-29/h2,4-6,8-27H,3,7H2,1H3. The van der Waals surface area contributed by atoms with Crippen LogP contribution in [0.1, 0.15) is 18.5 Å². The summed E-state index contributed by atoms with van der Waals surface area (Å²) in [5.41, 5.74) is 9.33. The second kappa shape index (κ2) is 11.3. The number of rotatable bonds is 5. The van der Waals surface area contributed by atoms with E-state index in [4.69, 9.17) is 4.98 Å². The number of pyridine rings is 1. The van der Waals surface area contributed by atoms with Crippen LogP contribution >= 0.6 is 11.8 Å². The van der Waals surface area contributed by atoms with Crippen LogP contribution in [0.5, 0.6) is 0 Å². The summed E-state index contributed by atoms with van der Waals surface area (Å²) in [4.78, 5) is 6.71. The summed E-state index contributed by atoms with van der Waals surface area (Å²) in [5, 5.41) is 7.50. The highest BCUT2D eigenvalue weighted by Crippen LogP contribution is 2.46. The van der Waals surface area contributed by atoms with Crippen molar-refractivity contribution in [2.24, 2.45) is 0 Å². The van der Waals surface area contributed by atoms with Gasteiger partial charge in [-0.1, -0.05) is 127 Å². The van der Waals surface area contributed by atoms with Crippen molar-refractivity contribution >= 4 is 49.7 Å². The number of hydrogen-bond acceptors (Lipinski definition) is 2. The Bertz CT molecular complexity index is 2200. The summed E-state index contributed by atoms with van der Waals surface area (Å²) < 4.78 is 0. The maximum atomic E-state index is 5.41. The molecule has 0 atom stereocenters. The van der Waals surface area contributed by atoms with Gasteiger partial charge in [-0.15, -0.1) is 11.8 Å². The first-order valence-corrected chi connectivity index (χ1v) is 16.5. The van der Waals surface area contributed by atoms with Crippen LogP contribution in [0.25, 0.3) is 71.4 Å². The number of thioether (sulfide) groups is 1. The fourth-order valence-electron chi connectivity index (χ4n) is 6.77. The van der Waals surface area contributed by atoms with E-state index in [9.17, 15) is 0 Å². The number of allylic oxidation sites excluding steroid dienone is 4. The zero-order chi connectivity index (χ0) is 29.5. The van der Waals surface area contributed by atoms with E-state index in [-0.39, 0.29) is 0 Å². The van der Waals surface area contributed by atoms with Crippen molar-refractivity contribution in [1.29, 1.82) is 0 Å². The normalized spacial score (nSPS) is 13.1. The van der Waals surface area contributed by atoms with E-state index < -0.39 is 0 Å². The molecule has 0 unspecified atom stereocenters. The minimum Gasteiger partial charge on any atom is -0.248 e. The molecule has 1 nitrogen and oxygen atoms in total. The molecule has 1 aliphatic carbocycles. The smallest absolute Gasteiger partial charge is 0.0728 e. The Kier molecular flexibility index (Phi) is 6.85. The molecule has 6 aromatic carbocycles. The Hall–Kier alpha value is -4.92. The zero-order valence-corrected chi connectivity index (χ0v) is 25.4. The van der Waals surface area contributed by atoms with Crippen molar-refractivity contribution in [2.75, 3.05) is 6.26 Å². The first-order chi connectivity index (χ1) is 21.8. The Balaban J connectivity index is 1.47. The molecule has 1 heterocycles. The molecule has 2 heteroatoms. The number of aromatic nitrogens is 1. The lowest BCUT2D eigenvalue weighted by atomic mass is 9.85. The molecule has 0 bridgehead atoms. The minimum atomic E-state index is 1.00. The van der Waals surface area contributed by atoms with Gasteiger partial charge in [0.15, 0.2) is 0 Å². The van der Waals surface area contributed by atoms with Gasteiger partial charge in [0.1, 0.15) is 0 Å². The predicted octanol–water partition coefficient (Wildman–Crippen LogP) is 12.0. The minimum absolute atomic E-state index is 1.00. The molecule has 0 N–H and O–H groups in total. The van der Waals surface area contributed by atoms with Crippen LogP contribution in [0.3, 0.4) is 0 Å². The Labute approximate surface area is 262 Å². The lowest BCUT2D eigenvalue weighted by Gasteiger charge is -2.20. The molecule has 8 rings (SSSR count). The fourth-order valence-corrected chi connectivity index (χ4v) is 7.37. The summed E-state index contributed by atoms with van der Waals surface area (Å²) in [6, 6.07) is 46.4. The van der Waals surface area contributed by atoms with Gasteiger partial charge in [0, 0.05) is 10.5 Å². The van der Waals surface area contributed by atoms with Gasteiger partial charge in [0.25, 0.3) is 0 Å². The van der Waals surface area contributed by atoms with Crippen molar-refractivity contribution < 1.29 is 0 Å². The fraction of sp³-hybridized carbons (Fsp3) is 0.0714. The molecular formula is C42H31NS. The molecule has 1 aromatic heterocycles. The van der Waals surface area contributed by atoms with Gasteiger partial charge in [-0.3, -0.25) is 0 Å². The topological polar surface area (TPSA) is 12.9 Å². The van der Waals surface area contributed by atoms with E-state index in [1.165, 1.54) is 70.6 Å². The van der Waals surface area contributed by atoms with Gasteiger partial charge in [-0.2, -0.15) is 0 Å². The Morgan fingerprint density at radius 1 is 0.523 bits per heavy atom. The molecule has 0 spiro atoms. The highest BCUT2D eigenvalue weighted by molar-refractivity contribution is 7.98. The van der Waals surface area contributed by atoms with Gasteiger partial charge >= 0.3 is 0 Å². The number of hydrogen-bond donors (Lipinski definition) is 0. The predicted molar refractivity (Wildman–Crippen MR) is 191 cm³/mol. The lowest BCUT2D eigenvalue weighted by molar-refractivity contribution is 1.04. The molecular weight excluding hydrogens is 551 g/mol. The SMILES string of the molecule is CSc1ccc(-c2c3ccccc3c(-c3cc(-c4ccccc4)cc(C4=CCCC=C4)n3)c3ccccc23)c2ccccc12. The lowest BCUT2D eigenvalue weighted by Crippen LogP contribution is -1.97. The molecule has 0 aliphatic heterocycles. The third kappa shape index (κ3) is 4.54. The van der Waals surface area contributed by atoms with Crippen LogP contribution in [0.4, 0.5) is 0 Å². The third-order valence-corrected chi connectivity index (χ3v) is 9.58. The molecule has 1 aliphatic rings. The van der Waals surface area contributed by atoms with Gasteiger partial charge in [-0.05, 0) is 97.4 Å². The van der Waals surface area contributed by atoms with E-state index in [0.717, 1.165) is 24.2 Å². The molecule has 0 fully saturated rings. The van der Waals surface area contributed by atoms with Crippen molar-refractivity contribution in [1.82, 2.24) is 4.98 Å². The Morgan fingerprint density at radius 3 is 1.75 bits per heavy atom. The first kappa shape index (κ1) is 26.7. The van der Waals surface area contributed by atoms with E-state index in [1.807, 2.05) is 0 Å². The van der Waals surface area contributed by atoms with Crippen molar-refractivity contribution in [3.8, 4) is 33.5 Å². The van der Waals surface area contributed by atoms with Crippen molar-refractivity contribution in [3.05, 3.63) is 151 Å². The summed E-state index contributed by atoms with van der Waals surface area (Å²) in [6.45, 7) is 0. The summed E-state index contributed by atoms with van der Waals surface area (Å²) in [6.07, 6.45) is 11.1. The van der Waals surface area contributed by atoms with E-state index in [1.54, 1.807) is 11.8 Å². The highest BCUT2D eigenvalue weighted by Gasteiger charge is 2.20. The van der Waals surface area contributed by atoms with E-state index in [0.29, 0.717) is 0 Å².